The predicted octanol–water partition coefficient (Wildman–Crippen LogP) is 1.33. The average Bonchev–Trinajstić information content (AvgIpc) is 1.77. The van der Waals surface area contributed by atoms with Gasteiger partial charge in [0.25, 0.3) is 0 Å². The van der Waals surface area contributed by atoms with Crippen LogP contribution < -0.4 is 0 Å². The van der Waals surface area contributed by atoms with Crippen molar-refractivity contribution in [3.63, 3.8) is 0 Å². The summed E-state index contributed by atoms with van der Waals surface area (Å²) in [6, 6.07) is 0. The molecule has 0 saturated carbocycles. The Kier molecular flexibility index (Phi) is 1.95. The van der Waals surface area contributed by atoms with E-state index in [1.54, 1.807) is 11.8 Å². The van der Waals surface area contributed by atoms with E-state index in [1.165, 1.54) is 5.75 Å². The molecule has 0 amide bonds. The molecular formula is C6H10OS. The molecule has 0 aromatic rings. The third-order valence-electron chi connectivity index (χ3n) is 1.49. The molecule has 1 nitrogen and oxygen atoms in total. The monoisotopic (exact) mass is 130 g/mol. The van der Waals surface area contributed by atoms with Crippen molar-refractivity contribution >= 4 is 17.5 Å². The van der Waals surface area contributed by atoms with Crippen molar-refractivity contribution in [1.29, 1.82) is 0 Å². The minimum absolute atomic E-state index is 0.344. The summed E-state index contributed by atoms with van der Waals surface area (Å²) in [7, 11) is 0. The summed E-state index contributed by atoms with van der Waals surface area (Å²) in [4.78, 5) is 10.8. The van der Waals surface area contributed by atoms with Crippen molar-refractivity contribution in [3.8, 4) is 0 Å². The Morgan fingerprint density at radius 3 is 2.88 bits per heavy atom. The maximum absolute atomic E-state index is 10.8. The molecule has 0 bridgehead atoms. The lowest BCUT2D eigenvalue weighted by atomic mass is 10.1. The molecule has 1 saturated heterocycles. The Hall–Kier alpha value is 0.0200. The molecule has 46 valence electrons. The maximum atomic E-state index is 10.8. The zero-order valence-corrected chi connectivity index (χ0v) is 5.83. The fraction of sp³-hybridized carbons (Fsp3) is 0.833. The van der Waals surface area contributed by atoms with E-state index in [0.717, 1.165) is 12.2 Å². The second-order valence-electron chi connectivity index (χ2n) is 2.21. The van der Waals surface area contributed by atoms with Crippen LogP contribution in [0, 0.1) is 5.92 Å². The molecule has 0 spiro atoms. The van der Waals surface area contributed by atoms with E-state index in [9.17, 15) is 4.79 Å². The topological polar surface area (TPSA) is 17.1 Å². The number of ketones is 1. The van der Waals surface area contributed by atoms with Crippen LogP contribution in [-0.2, 0) is 4.79 Å². The van der Waals surface area contributed by atoms with Gasteiger partial charge in [0.2, 0.25) is 0 Å². The standard InChI is InChI=1S/C6H10OS/c1-5-2-3-8-4-6(5)7/h5H,2-4H2,1H3. The first-order chi connectivity index (χ1) is 3.80. The Morgan fingerprint density at radius 2 is 2.50 bits per heavy atom. The van der Waals surface area contributed by atoms with Gasteiger partial charge in [0.15, 0.2) is 0 Å². The Bertz CT molecular complexity index is 101. The maximum Gasteiger partial charge on any atom is 0.145 e. The third kappa shape index (κ3) is 1.25. The van der Waals surface area contributed by atoms with Crippen LogP contribution in [0.5, 0.6) is 0 Å². The van der Waals surface area contributed by atoms with Gasteiger partial charge in [-0.1, -0.05) is 6.92 Å². The molecule has 1 aliphatic heterocycles. The van der Waals surface area contributed by atoms with E-state index >= 15 is 0 Å². The van der Waals surface area contributed by atoms with Crippen molar-refractivity contribution in [2.75, 3.05) is 11.5 Å². The van der Waals surface area contributed by atoms with Crippen LogP contribution in [-0.4, -0.2) is 17.3 Å². The molecule has 0 aromatic heterocycles. The number of carbonyl (C=O) groups is 1. The highest BCUT2D eigenvalue weighted by atomic mass is 32.2. The van der Waals surface area contributed by atoms with Crippen molar-refractivity contribution in [2.24, 2.45) is 5.92 Å². The largest absolute Gasteiger partial charge is 0.298 e. The number of Topliss-reactive ketones (excluding diaryl/α,β-unsaturated/α-hetero) is 1. The summed E-state index contributed by atoms with van der Waals surface area (Å²) in [5.74, 6) is 2.70. The summed E-state index contributed by atoms with van der Waals surface area (Å²) in [6.45, 7) is 2.02. The Labute approximate surface area is 53.8 Å². The molecular weight excluding hydrogens is 120 g/mol. The van der Waals surface area contributed by atoms with Gasteiger partial charge in [-0.2, -0.15) is 11.8 Å². The molecule has 1 heterocycles. The first kappa shape index (κ1) is 6.14. The predicted molar refractivity (Wildman–Crippen MR) is 36.1 cm³/mol. The van der Waals surface area contributed by atoms with Crippen LogP contribution in [0.15, 0.2) is 0 Å². The van der Waals surface area contributed by atoms with Crippen molar-refractivity contribution < 1.29 is 4.79 Å². The molecule has 0 aromatic carbocycles. The van der Waals surface area contributed by atoms with Gasteiger partial charge in [0.05, 0.1) is 5.75 Å². The molecule has 1 fully saturated rings. The molecule has 2 heteroatoms. The normalized spacial score (nSPS) is 30.6. The molecule has 1 atom stereocenters. The lowest BCUT2D eigenvalue weighted by molar-refractivity contribution is -0.120. The lowest BCUT2D eigenvalue weighted by Crippen LogP contribution is -2.19. The minimum atomic E-state index is 0.344. The number of rotatable bonds is 0. The molecule has 8 heavy (non-hydrogen) atoms. The molecule has 1 aliphatic rings. The lowest BCUT2D eigenvalue weighted by Gasteiger charge is -2.14. The van der Waals surface area contributed by atoms with Crippen LogP contribution >= 0.6 is 11.8 Å². The van der Waals surface area contributed by atoms with Crippen LogP contribution in [0.1, 0.15) is 13.3 Å². The highest BCUT2D eigenvalue weighted by Crippen LogP contribution is 2.18. The van der Waals surface area contributed by atoms with E-state index in [0.29, 0.717) is 11.7 Å². The van der Waals surface area contributed by atoms with Gasteiger partial charge >= 0.3 is 0 Å². The van der Waals surface area contributed by atoms with Gasteiger partial charge < -0.3 is 0 Å². The van der Waals surface area contributed by atoms with Crippen molar-refractivity contribution in [3.05, 3.63) is 0 Å². The van der Waals surface area contributed by atoms with Gasteiger partial charge in [-0.3, -0.25) is 4.79 Å². The first-order valence-corrected chi connectivity index (χ1v) is 4.06. The smallest absolute Gasteiger partial charge is 0.145 e. The minimum Gasteiger partial charge on any atom is -0.298 e. The summed E-state index contributed by atoms with van der Waals surface area (Å²) < 4.78 is 0. The molecule has 1 rings (SSSR count). The van der Waals surface area contributed by atoms with Gasteiger partial charge in [0, 0.05) is 5.92 Å². The van der Waals surface area contributed by atoms with Crippen molar-refractivity contribution in [2.45, 2.75) is 13.3 Å². The van der Waals surface area contributed by atoms with Gasteiger partial charge in [-0.15, -0.1) is 0 Å². The van der Waals surface area contributed by atoms with Crippen LogP contribution in [0.25, 0.3) is 0 Å². The Morgan fingerprint density at radius 1 is 1.75 bits per heavy atom. The highest BCUT2D eigenvalue weighted by molar-refractivity contribution is 8.00. The SMILES string of the molecule is CC1CCSCC1=O. The van der Waals surface area contributed by atoms with Crippen LogP contribution in [0.2, 0.25) is 0 Å². The van der Waals surface area contributed by atoms with E-state index in [1.807, 2.05) is 6.92 Å². The summed E-state index contributed by atoms with van der Waals surface area (Å²) in [5.41, 5.74) is 0. The summed E-state index contributed by atoms with van der Waals surface area (Å²) in [6.07, 6.45) is 1.09. The fourth-order valence-corrected chi connectivity index (χ4v) is 1.89. The average molecular weight is 130 g/mol. The summed E-state index contributed by atoms with van der Waals surface area (Å²) >= 11 is 1.76. The van der Waals surface area contributed by atoms with Crippen molar-refractivity contribution in [1.82, 2.24) is 0 Å². The zero-order valence-electron chi connectivity index (χ0n) is 5.02. The number of hydrogen-bond acceptors (Lipinski definition) is 2. The van der Waals surface area contributed by atoms with E-state index in [4.69, 9.17) is 0 Å². The van der Waals surface area contributed by atoms with Crippen LogP contribution in [0.4, 0.5) is 0 Å². The molecule has 0 aliphatic carbocycles. The van der Waals surface area contributed by atoms with Gasteiger partial charge in [-0.25, -0.2) is 0 Å². The number of thioether (sulfide) groups is 1. The third-order valence-corrected chi connectivity index (χ3v) is 2.50. The molecule has 0 radical (unpaired) electrons. The fourth-order valence-electron chi connectivity index (χ4n) is 0.736. The zero-order chi connectivity index (χ0) is 5.98. The number of carbonyl (C=O) groups excluding carboxylic acids is 1. The van der Waals surface area contributed by atoms with Gasteiger partial charge in [0.1, 0.15) is 5.78 Å². The van der Waals surface area contributed by atoms with E-state index in [2.05, 4.69) is 0 Å². The van der Waals surface area contributed by atoms with Gasteiger partial charge in [-0.05, 0) is 12.2 Å². The quantitative estimate of drug-likeness (QED) is 0.492. The molecule has 0 N–H and O–H groups in total. The summed E-state index contributed by atoms with van der Waals surface area (Å²) in [5, 5.41) is 0. The first-order valence-electron chi connectivity index (χ1n) is 2.91. The van der Waals surface area contributed by atoms with E-state index in [-0.39, 0.29) is 0 Å². The van der Waals surface area contributed by atoms with E-state index < -0.39 is 0 Å². The second-order valence-corrected chi connectivity index (χ2v) is 3.31. The van der Waals surface area contributed by atoms with Crippen LogP contribution in [0.3, 0.4) is 0 Å². The highest BCUT2D eigenvalue weighted by Gasteiger charge is 2.16. The second kappa shape index (κ2) is 2.53. The number of hydrogen-bond donors (Lipinski definition) is 0. The molecule has 1 unspecified atom stereocenters. The Balaban J connectivity index is 2.39.